The Hall–Kier alpha value is -5.03. The van der Waals surface area contributed by atoms with Gasteiger partial charge in [-0.15, -0.1) is 0 Å². The third-order valence-corrected chi connectivity index (χ3v) is 8.15. The van der Waals surface area contributed by atoms with Gasteiger partial charge in [-0.2, -0.15) is 10.2 Å². The van der Waals surface area contributed by atoms with Crippen molar-refractivity contribution in [2.24, 2.45) is 7.05 Å². The minimum absolute atomic E-state index is 0.0409. The second-order valence-electron chi connectivity index (χ2n) is 11.4. The molecule has 1 atom stereocenters. The Balaban J connectivity index is 1.21. The van der Waals surface area contributed by atoms with E-state index in [-0.39, 0.29) is 18.1 Å². The maximum atomic E-state index is 11.7. The lowest BCUT2D eigenvalue weighted by molar-refractivity contribution is -0.362. The van der Waals surface area contributed by atoms with Crippen LogP contribution in [-0.4, -0.2) is 79.4 Å². The van der Waals surface area contributed by atoms with Gasteiger partial charge in [-0.05, 0) is 51.7 Å². The Morgan fingerprint density at radius 1 is 1.11 bits per heavy atom. The van der Waals surface area contributed by atoms with Crippen molar-refractivity contribution in [1.82, 2.24) is 29.5 Å². The van der Waals surface area contributed by atoms with Crippen LogP contribution in [0.2, 0.25) is 0 Å². The molecule has 14 heteroatoms. The van der Waals surface area contributed by atoms with E-state index in [2.05, 4.69) is 38.0 Å². The average molecular weight is 613 g/mol. The molecule has 1 N–H and O–H groups in total. The summed E-state index contributed by atoms with van der Waals surface area (Å²) in [5, 5.41) is 25.1. The molecular formula is C31H36N10O4. The Kier molecular flexibility index (Phi) is 8.61. The average Bonchev–Trinajstić information content (AvgIpc) is 3.44. The topological polar surface area (TPSA) is 162 Å². The fourth-order valence-electron chi connectivity index (χ4n) is 5.81. The van der Waals surface area contributed by atoms with Crippen LogP contribution in [0.1, 0.15) is 55.8 Å². The molecule has 0 amide bonds. The molecule has 1 unspecified atom stereocenters. The Bertz CT molecular complexity index is 1740. The molecule has 0 aromatic carbocycles. The molecule has 4 aromatic heterocycles. The summed E-state index contributed by atoms with van der Waals surface area (Å²) in [6.07, 6.45) is 6.18. The largest absolute Gasteiger partial charge is 0.741 e. The number of nitriles is 1. The van der Waals surface area contributed by atoms with Crippen molar-refractivity contribution >= 4 is 35.3 Å². The van der Waals surface area contributed by atoms with Gasteiger partial charge in [-0.25, -0.2) is 14.5 Å². The number of fused-ring (bicyclic) bond motifs is 1. The maximum Gasteiger partial charge on any atom is 0.398 e. The molecule has 0 radical (unpaired) electrons. The van der Waals surface area contributed by atoms with E-state index in [0.29, 0.717) is 41.2 Å². The maximum absolute atomic E-state index is 11.7. The number of imidazole rings is 1. The molecule has 45 heavy (non-hydrogen) atoms. The van der Waals surface area contributed by atoms with Crippen molar-refractivity contribution in [3.05, 3.63) is 52.9 Å². The van der Waals surface area contributed by atoms with Crippen LogP contribution in [-0.2, 0) is 11.8 Å². The van der Waals surface area contributed by atoms with E-state index in [4.69, 9.17) is 24.2 Å². The van der Waals surface area contributed by atoms with E-state index in [1.807, 2.05) is 26.0 Å². The van der Waals surface area contributed by atoms with Gasteiger partial charge < -0.3 is 29.6 Å². The van der Waals surface area contributed by atoms with Gasteiger partial charge in [0.2, 0.25) is 11.8 Å². The van der Waals surface area contributed by atoms with Gasteiger partial charge in [0, 0.05) is 37.6 Å². The lowest BCUT2D eigenvalue weighted by atomic mass is 9.93. The number of ether oxygens (including phenoxy) is 3. The normalized spacial score (nSPS) is 19.1. The predicted molar refractivity (Wildman–Crippen MR) is 167 cm³/mol. The van der Waals surface area contributed by atoms with Crippen molar-refractivity contribution in [3.63, 3.8) is 0 Å². The zero-order valence-electron chi connectivity index (χ0n) is 25.6. The van der Waals surface area contributed by atoms with E-state index in [0.717, 1.165) is 66.9 Å². The summed E-state index contributed by atoms with van der Waals surface area (Å²) >= 11 is 0. The van der Waals surface area contributed by atoms with Crippen molar-refractivity contribution in [1.29, 1.82) is 5.26 Å². The molecule has 234 valence electrons. The minimum atomic E-state index is -0.412. The van der Waals surface area contributed by atoms with Crippen LogP contribution >= 0.6 is 0 Å². The second kappa shape index (κ2) is 12.9. The zero-order valence-corrected chi connectivity index (χ0v) is 25.6. The molecule has 2 fully saturated rings. The van der Waals surface area contributed by atoms with Crippen LogP contribution in [0.3, 0.4) is 0 Å². The van der Waals surface area contributed by atoms with E-state index in [1.54, 1.807) is 30.1 Å². The van der Waals surface area contributed by atoms with Gasteiger partial charge >= 0.3 is 5.95 Å². The van der Waals surface area contributed by atoms with Gasteiger partial charge in [-0.3, -0.25) is 9.72 Å². The van der Waals surface area contributed by atoms with Crippen LogP contribution in [0.25, 0.3) is 10.9 Å². The zero-order chi connectivity index (χ0) is 31.5. The second-order valence-corrected chi connectivity index (χ2v) is 11.4. The van der Waals surface area contributed by atoms with Crippen LogP contribution < -0.4 is 19.7 Å². The van der Waals surface area contributed by atoms with E-state index < -0.39 is 6.10 Å². The molecule has 1 aliphatic carbocycles. The van der Waals surface area contributed by atoms with Crippen LogP contribution in [0.4, 0.5) is 17.7 Å². The third-order valence-electron chi connectivity index (χ3n) is 8.15. The molecule has 14 nitrogen and oxygen atoms in total. The number of hydrogen-bond donors (Lipinski definition) is 1. The van der Waals surface area contributed by atoms with Crippen LogP contribution in [0.5, 0.6) is 11.6 Å². The first-order chi connectivity index (χ1) is 21.8. The summed E-state index contributed by atoms with van der Waals surface area (Å²) in [6, 6.07) is 7.81. The molecule has 1 aliphatic heterocycles. The van der Waals surface area contributed by atoms with Gasteiger partial charge in [0.1, 0.15) is 35.6 Å². The number of hydrogen-bond acceptors (Lipinski definition) is 12. The number of aromatic nitrogens is 6. The van der Waals surface area contributed by atoms with Gasteiger partial charge in [-0.1, -0.05) is 4.98 Å². The first kappa shape index (κ1) is 30.0. The summed E-state index contributed by atoms with van der Waals surface area (Å²) in [6.45, 7) is 9.88. The molecule has 4 aromatic rings. The van der Waals surface area contributed by atoms with Crippen molar-refractivity contribution in [2.45, 2.75) is 57.8 Å². The summed E-state index contributed by atoms with van der Waals surface area (Å²) in [5.41, 5.74) is 2.58. The highest BCUT2D eigenvalue weighted by molar-refractivity contribution is 5.87. The lowest BCUT2D eigenvalue weighted by Gasteiger charge is -2.31. The van der Waals surface area contributed by atoms with Crippen molar-refractivity contribution in [2.75, 3.05) is 36.5 Å². The lowest BCUT2D eigenvalue weighted by Crippen LogP contribution is -2.37. The number of aryl methyl sites for hydroxylation is 1. The number of nitrogens with one attached hydrogen (secondary N) is 1. The molecule has 1 saturated carbocycles. The Morgan fingerprint density at radius 2 is 1.89 bits per heavy atom. The highest BCUT2D eigenvalue weighted by atomic mass is 16.5. The number of anilines is 2. The Labute approximate surface area is 260 Å². The highest BCUT2D eigenvalue weighted by Gasteiger charge is 2.26. The van der Waals surface area contributed by atoms with Crippen LogP contribution in [0.15, 0.2) is 30.6 Å². The first-order valence-corrected chi connectivity index (χ1v) is 15.1. The fraction of sp³-hybridized carbons (Fsp3) is 0.452. The predicted octanol–water partition coefficient (Wildman–Crippen LogP) is 3.95. The quantitative estimate of drug-likeness (QED) is 0.126. The van der Waals surface area contributed by atoms with Gasteiger partial charge in [0.15, 0.2) is 11.8 Å². The number of pyridine rings is 2. The monoisotopic (exact) mass is 612 g/mol. The van der Waals surface area contributed by atoms with Crippen molar-refractivity contribution < 1.29 is 18.9 Å². The molecule has 1 saturated heterocycles. The fourth-order valence-corrected chi connectivity index (χ4v) is 5.81. The standard InChI is InChI=1S/C31H36N10O4/c1-19-13-22(16-32)37-30(35-19)36-21-5-7-23(8-6-21)45-29-25-14-24(44-20(2)27-18-34-31(39(27)3)40(4)42)17-33-26(25)15-28(38-29)41-9-11-43-12-10-41/h13-15,17-18,20-21,23H,4-12H2,1-3H3,(H,35,36,37)/t20?,21-,23+. The molecule has 0 bridgehead atoms. The molecule has 2 aliphatic rings. The van der Waals surface area contributed by atoms with Gasteiger partial charge in [0.05, 0.1) is 37.4 Å². The van der Waals surface area contributed by atoms with Crippen molar-refractivity contribution in [3.8, 4) is 17.7 Å². The van der Waals surface area contributed by atoms with Gasteiger partial charge in [0.25, 0.3) is 0 Å². The molecule has 6 rings (SSSR count). The molecular weight excluding hydrogens is 576 g/mol. The van der Waals surface area contributed by atoms with E-state index >= 15 is 0 Å². The van der Waals surface area contributed by atoms with E-state index in [1.165, 1.54) is 0 Å². The minimum Gasteiger partial charge on any atom is -0.741 e. The summed E-state index contributed by atoms with van der Waals surface area (Å²) in [7, 11) is 1.75. The molecule has 0 spiro atoms. The molecule has 5 heterocycles. The summed E-state index contributed by atoms with van der Waals surface area (Å²) in [5.74, 6) is 2.52. The smallest absolute Gasteiger partial charge is 0.398 e. The van der Waals surface area contributed by atoms with E-state index in [9.17, 15) is 10.5 Å². The third kappa shape index (κ3) is 6.73. The SMILES string of the molecule is C=[N+]([O-])c1ncc(C(C)Oc2cnc3cc(N4CCOCC4)nc(O[C@H]4CC[C@@H](Nc5nc(C)cc(C#N)n5)CC4)c3c2)n1C. The summed E-state index contributed by atoms with van der Waals surface area (Å²) < 4.78 is 20.6. The highest BCUT2D eigenvalue weighted by Crippen LogP contribution is 2.34. The number of rotatable bonds is 9. The number of nitrogens with zero attached hydrogens (tertiary/aromatic N) is 9. The first-order valence-electron chi connectivity index (χ1n) is 15.1. The summed E-state index contributed by atoms with van der Waals surface area (Å²) in [4.78, 5) is 24.8. The Morgan fingerprint density at radius 3 is 2.60 bits per heavy atom. The number of morpholine rings is 1. The van der Waals surface area contributed by atoms with Crippen LogP contribution in [0, 0.1) is 23.5 Å².